The summed E-state index contributed by atoms with van der Waals surface area (Å²) in [7, 11) is 1.59. The first kappa shape index (κ1) is 24.7. The summed E-state index contributed by atoms with van der Waals surface area (Å²) in [5.74, 6) is 1.81. The number of para-hydroxylation sites is 1. The van der Waals surface area contributed by atoms with Gasteiger partial charge in [-0.3, -0.25) is 14.8 Å². The minimum absolute atomic E-state index is 0.0650. The summed E-state index contributed by atoms with van der Waals surface area (Å²) < 4.78 is 7.04. The SMILES string of the molecule is COc1ccc(C(=N)c2c(N)ncnc2NC(C)c2nc3c(Cl)cccc3c(=O)n2C2CCCC2)cc1. The highest BCUT2D eigenvalue weighted by Crippen LogP contribution is 2.33. The van der Waals surface area contributed by atoms with Gasteiger partial charge in [-0.05, 0) is 56.2 Å². The number of nitrogens with one attached hydrogen (secondary N) is 2. The lowest BCUT2D eigenvalue weighted by Gasteiger charge is -2.24. The maximum absolute atomic E-state index is 13.7. The summed E-state index contributed by atoms with van der Waals surface area (Å²) in [6.07, 6.45) is 5.32. The van der Waals surface area contributed by atoms with Gasteiger partial charge in [0.25, 0.3) is 5.56 Å². The number of methoxy groups -OCH3 is 1. The van der Waals surface area contributed by atoms with Crippen molar-refractivity contribution in [3.05, 3.63) is 81.1 Å². The van der Waals surface area contributed by atoms with Gasteiger partial charge in [0.1, 0.15) is 29.5 Å². The molecular formula is C27H28ClN7O2. The maximum Gasteiger partial charge on any atom is 0.261 e. The molecule has 4 N–H and O–H groups in total. The van der Waals surface area contributed by atoms with E-state index in [0.717, 1.165) is 25.7 Å². The molecule has 0 radical (unpaired) electrons. The standard InChI is InChI=1S/C27H28ClN7O2/c1-15(26-34-23-19(8-5-9-20(23)28)27(36)35(26)17-6-3-4-7-17)33-25-21(24(30)31-14-32-25)22(29)16-10-12-18(37-2)13-11-16/h5,8-15,17,29H,3-4,6-7H2,1-2H3,(H3,30,31,32,33). The highest BCUT2D eigenvalue weighted by molar-refractivity contribution is 6.35. The summed E-state index contributed by atoms with van der Waals surface area (Å²) in [6.45, 7) is 1.91. The third-order valence-corrected chi connectivity index (χ3v) is 7.15. The first-order valence-corrected chi connectivity index (χ1v) is 12.6. The quantitative estimate of drug-likeness (QED) is 0.289. The number of halogens is 1. The van der Waals surface area contributed by atoms with Gasteiger partial charge in [0.2, 0.25) is 0 Å². The van der Waals surface area contributed by atoms with E-state index in [4.69, 9.17) is 32.5 Å². The monoisotopic (exact) mass is 517 g/mol. The number of ether oxygens (including phenoxy) is 1. The topological polar surface area (TPSA) is 132 Å². The Morgan fingerprint density at radius 3 is 2.62 bits per heavy atom. The summed E-state index contributed by atoms with van der Waals surface area (Å²) in [5.41, 5.74) is 7.77. The Bertz CT molecular complexity index is 1530. The molecule has 0 saturated heterocycles. The van der Waals surface area contributed by atoms with Crippen LogP contribution in [0.4, 0.5) is 11.6 Å². The van der Waals surface area contributed by atoms with Gasteiger partial charge < -0.3 is 15.8 Å². The normalized spacial score (nSPS) is 14.6. The van der Waals surface area contributed by atoms with Gasteiger partial charge in [-0.2, -0.15) is 0 Å². The van der Waals surface area contributed by atoms with E-state index in [0.29, 0.717) is 44.4 Å². The highest BCUT2D eigenvalue weighted by Gasteiger charge is 2.27. The molecule has 1 aliphatic carbocycles. The summed E-state index contributed by atoms with van der Waals surface area (Å²) in [5, 5.41) is 13.1. The van der Waals surface area contributed by atoms with Crippen molar-refractivity contribution < 1.29 is 4.74 Å². The number of benzene rings is 2. The third-order valence-electron chi connectivity index (χ3n) is 6.84. The fourth-order valence-corrected chi connectivity index (χ4v) is 5.17. The number of fused-ring (bicyclic) bond motifs is 1. The summed E-state index contributed by atoms with van der Waals surface area (Å²) in [6, 6.07) is 12.0. The maximum atomic E-state index is 13.7. The van der Waals surface area contributed by atoms with Gasteiger partial charge in [0.05, 0.1) is 40.4 Å². The number of rotatable bonds is 7. The van der Waals surface area contributed by atoms with Crippen molar-refractivity contribution in [2.75, 3.05) is 18.2 Å². The van der Waals surface area contributed by atoms with E-state index in [1.54, 1.807) is 49.6 Å². The largest absolute Gasteiger partial charge is 0.497 e. The van der Waals surface area contributed by atoms with Crippen molar-refractivity contribution in [1.29, 1.82) is 5.41 Å². The number of aromatic nitrogens is 4. The van der Waals surface area contributed by atoms with Crippen molar-refractivity contribution in [1.82, 2.24) is 19.5 Å². The van der Waals surface area contributed by atoms with Crippen molar-refractivity contribution in [3.63, 3.8) is 0 Å². The van der Waals surface area contributed by atoms with Gasteiger partial charge in [-0.15, -0.1) is 0 Å². The van der Waals surface area contributed by atoms with Crippen molar-refractivity contribution in [2.24, 2.45) is 0 Å². The Balaban J connectivity index is 1.58. The molecular weight excluding hydrogens is 490 g/mol. The Morgan fingerprint density at radius 1 is 1.19 bits per heavy atom. The van der Waals surface area contributed by atoms with Crippen LogP contribution < -0.4 is 21.3 Å². The number of nitrogens with zero attached hydrogens (tertiary/aromatic N) is 4. The van der Waals surface area contributed by atoms with E-state index < -0.39 is 6.04 Å². The van der Waals surface area contributed by atoms with Gasteiger partial charge in [0, 0.05) is 11.6 Å². The third kappa shape index (κ3) is 4.62. The summed E-state index contributed by atoms with van der Waals surface area (Å²) >= 11 is 6.45. The van der Waals surface area contributed by atoms with E-state index >= 15 is 0 Å². The second-order valence-electron chi connectivity index (χ2n) is 9.17. The molecule has 0 spiro atoms. The molecule has 1 atom stereocenters. The minimum atomic E-state index is -0.439. The van der Waals surface area contributed by atoms with Gasteiger partial charge in [-0.25, -0.2) is 15.0 Å². The Morgan fingerprint density at radius 2 is 1.92 bits per heavy atom. The second-order valence-corrected chi connectivity index (χ2v) is 9.58. The number of nitrogens with two attached hydrogens (primary N) is 1. The van der Waals surface area contributed by atoms with Crippen molar-refractivity contribution >= 4 is 39.9 Å². The Kier molecular flexibility index (Phi) is 6.80. The number of hydrogen-bond acceptors (Lipinski definition) is 8. The molecule has 9 nitrogen and oxygen atoms in total. The lowest BCUT2D eigenvalue weighted by atomic mass is 10.0. The fourth-order valence-electron chi connectivity index (χ4n) is 4.95. The zero-order chi connectivity index (χ0) is 26.1. The van der Waals surface area contributed by atoms with Crippen LogP contribution in [0.2, 0.25) is 5.02 Å². The molecule has 10 heteroatoms. The van der Waals surface area contributed by atoms with Crippen LogP contribution in [-0.2, 0) is 0 Å². The van der Waals surface area contributed by atoms with E-state index in [1.165, 1.54) is 6.33 Å². The average Bonchev–Trinajstić information content (AvgIpc) is 3.43. The average molecular weight is 518 g/mol. The highest BCUT2D eigenvalue weighted by atomic mass is 35.5. The molecule has 4 aromatic rings. The van der Waals surface area contributed by atoms with Crippen molar-refractivity contribution in [2.45, 2.75) is 44.7 Å². The predicted molar refractivity (Wildman–Crippen MR) is 146 cm³/mol. The van der Waals surface area contributed by atoms with Crippen LogP contribution in [-0.4, -0.2) is 32.3 Å². The molecule has 1 fully saturated rings. The molecule has 2 aromatic heterocycles. The molecule has 190 valence electrons. The van der Waals surface area contributed by atoms with Crippen LogP contribution in [0.3, 0.4) is 0 Å². The zero-order valence-corrected chi connectivity index (χ0v) is 21.4. The molecule has 2 heterocycles. The summed E-state index contributed by atoms with van der Waals surface area (Å²) in [4.78, 5) is 27.1. The minimum Gasteiger partial charge on any atom is -0.497 e. The first-order valence-electron chi connectivity index (χ1n) is 12.2. The number of anilines is 2. The first-order chi connectivity index (χ1) is 17.9. The van der Waals surface area contributed by atoms with Crippen LogP contribution in [0, 0.1) is 5.41 Å². The molecule has 5 rings (SSSR count). The smallest absolute Gasteiger partial charge is 0.261 e. The molecule has 37 heavy (non-hydrogen) atoms. The lowest BCUT2D eigenvalue weighted by molar-refractivity contribution is 0.415. The van der Waals surface area contributed by atoms with E-state index in [-0.39, 0.29) is 23.1 Å². The van der Waals surface area contributed by atoms with Crippen LogP contribution in [0.15, 0.2) is 53.6 Å². The second kappa shape index (κ2) is 10.2. The number of nitrogen functional groups attached to an aromatic ring is 1. The lowest BCUT2D eigenvalue weighted by Crippen LogP contribution is -2.31. The molecule has 0 bridgehead atoms. The van der Waals surface area contributed by atoms with E-state index in [9.17, 15) is 4.79 Å². The van der Waals surface area contributed by atoms with E-state index in [1.807, 2.05) is 11.5 Å². The van der Waals surface area contributed by atoms with Crippen LogP contribution in [0.1, 0.15) is 61.6 Å². The van der Waals surface area contributed by atoms with E-state index in [2.05, 4.69) is 15.3 Å². The fraction of sp³-hybridized carbons (Fsp3) is 0.296. The number of hydrogen-bond donors (Lipinski definition) is 3. The van der Waals surface area contributed by atoms with Crippen molar-refractivity contribution in [3.8, 4) is 5.75 Å². The van der Waals surface area contributed by atoms with Crippen LogP contribution in [0.25, 0.3) is 10.9 Å². The van der Waals surface area contributed by atoms with Gasteiger partial charge in [-0.1, -0.05) is 30.5 Å². The molecule has 1 unspecified atom stereocenters. The van der Waals surface area contributed by atoms with Crippen LogP contribution >= 0.6 is 11.6 Å². The molecule has 1 aliphatic rings. The Hall–Kier alpha value is -3.98. The predicted octanol–water partition coefficient (Wildman–Crippen LogP) is 5.14. The molecule has 2 aromatic carbocycles. The Labute approximate surface area is 219 Å². The van der Waals surface area contributed by atoms with Gasteiger partial charge >= 0.3 is 0 Å². The molecule has 1 saturated carbocycles. The van der Waals surface area contributed by atoms with Crippen LogP contribution in [0.5, 0.6) is 5.75 Å². The zero-order valence-electron chi connectivity index (χ0n) is 20.7. The molecule has 0 amide bonds. The molecule has 0 aliphatic heterocycles. The van der Waals surface area contributed by atoms with Gasteiger partial charge in [0.15, 0.2) is 0 Å².